The predicted molar refractivity (Wildman–Crippen MR) is 49.3 cm³/mol. The molecule has 1 unspecified atom stereocenters. The maximum Gasteiger partial charge on any atom is 0.404 e. The highest BCUT2D eigenvalue weighted by molar-refractivity contribution is 6.18. The van der Waals surface area contributed by atoms with Crippen molar-refractivity contribution in [1.29, 1.82) is 0 Å². The fraction of sp³-hybridized carbons (Fsp3) is 0.875. The Balaban J connectivity index is 3.46. The van der Waals surface area contributed by atoms with Gasteiger partial charge in [0.1, 0.15) is 6.10 Å². The Bertz CT molecular complexity index is 130. The lowest BCUT2D eigenvalue weighted by molar-refractivity contribution is 0.111. The number of hydrogen-bond donors (Lipinski definition) is 1. The molecular formula is C8H16ClNO2. The first-order valence-electron chi connectivity index (χ1n) is 4.22. The van der Waals surface area contributed by atoms with Crippen molar-refractivity contribution in [2.75, 3.05) is 5.88 Å². The fourth-order valence-corrected chi connectivity index (χ4v) is 1.17. The lowest BCUT2D eigenvalue weighted by Gasteiger charge is -2.12. The van der Waals surface area contributed by atoms with E-state index in [2.05, 4.69) is 6.92 Å². The van der Waals surface area contributed by atoms with Crippen molar-refractivity contribution >= 4 is 17.7 Å². The van der Waals surface area contributed by atoms with Gasteiger partial charge in [-0.2, -0.15) is 0 Å². The van der Waals surface area contributed by atoms with Crippen molar-refractivity contribution < 1.29 is 9.53 Å². The number of nitrogens with two attached hydrogens (primary N) is 1. The average Bonchev–Trinajstić information content (AvgIpc) is 2.02. The minimum Gasteiger partial charge on any atom is -0.445 e. The number of hydrogen-bond acceptors (Lipinski definition) is 2. The summed E-state index contributed by atoms with van der Waals surface area (Å²) in [6.07, 6.45) is 3.16. The Hall–Kier alpha value is -0.440. The molecule has 4 heteroatoms. The van der Waals surface area contributed by atoms with Crippen molar-refractivity contribution in [1.82, 2.24) is 0 Å². The SMILES string of the molecule is CCCCCC(CCl)OC(N)=O. The van der Waals surface area contributed by atoms with Gasteiger partial charge in [-0.1, -0.05) is 19.8 Å². The molecule has 0 radical (unpaired) electrons. The number of rotatable bonds is 6. The molecule has 1 atom stereocenters. The van der Waals surface area contributed by atoms with E-state index >= 15 is 0 Å². The molecule has 0 aliphatic carbocycles. The fourth-order valence-electron chi connectivity index (χ4n) is 0.954. The van der Waals surface area contributed by atoms with E-state index in [-0.39, 0.29) is 6.10 Å². The number of unbranched alkanes of at least 4 members (excludes halogenated alkanes) is 2. The number of ether oxygens (including phenoxy) is 1. The summed E-state index contributed by atoms with van der Waals surface area (Å²) in [6.45, 7) is 2.12. The second kappa shape index (κ2) is 7.22. The largest absolute Gasteiger partial charge is 0.445 e. The third kappa shape index (κ3) is 6.28. The molecule has 0 bridgehead atoms. The molecule has 0 aliphatic heterocycles. The first kappa shape index (κ1) is 11.6. The van der Waals surface area contributed by atoms with Gasteiger partial charge in [0.2, 0.25) is 0 Å². The molecule has 72 valence electrons. The molecule has 0 fully saturated rings. The Morgan fingerprint density at radius 1 is 1.58 bits per heavy atom. The smallest absolute Gasteiger partial charge is 0.404 e. The second-order valence-electron chi connectivity index (χ2n) is 2.71. The molecule has 12 heavy (non-hydrogen) atoms. The second-order valence-corrected chi connectivity index (χ2v) is 3.02. The van der Waals surface area contributed by atoms with E-state index in [4.69, 9.17) is 22.1 Å². The van der Waals surface area contributed by atoms with E-state index in [1.807, 2.05) is 0 Å². The summed E-state index contributed by atoms with van der Waals surface area (Å²) < 4.78 is 4.75. The Kier molecular flexibility index (Phi) is 6.96. The van der Waals surface area contributed by atoms with E-state index in [1.165, 1.54) is 0 Å². The van der Waals surface area contributed by atoms with Crippen LogP contribution in [0.1, 0.15) is 32.6 Å². The van der Waals surface area contributed by atoms with Crippen LogP contribution in [0.3, 0.4) is 0 Å². The zero-order valence-corrected chi connectivity index (χ0v) is 8.14. The minimum atomic E-state index is -0.739. The Morgan fingerprint density at radius 2 is 2.25 bits per heavy atom. The number of carbonyl (C=O) groups excluding carboxylic acids is 1. The van der Waals surface area contributed by atoms with Gasteiger partial charge in [0.25, 0.3) is 0 Å². The minimum absolute atomic E-state index is 0.212. The zero-order valence-electron chi connectivity index (χ0n) is 7.38. The summed E-state index contributed by atoms with van der Waals surface area (Å²) in [4.78, 5) is 10.3. The number of primary amides is 1. The normalized spacial score (nSPS) is 12.5. The third-order valence-corrected chi connectivity index (χ3v) is 1.93. The van der Waals surface area contributed by atoms with Gasteiger partial charge in [-0.15, -0.1) is 11.6 Å². The summed E-state index contributed by atoms with van der Waals surface area (Å²) in [5.74, 6) is 0.326. The Morgan fingerprint density at radius 3 is 2.67 bits per heavy atom. The number of alkyl halides is 1. The first-order valence-corrected chi connectivity index (χ1v) is 4.76. The lowest BCUT2D eigenvalue weighted by atomic mass is 10.1. The maximum atomic E-state index is 10.3. The van der Waals surface area contributed by atoms with Crippen LogP contribution >= 0.6 is 11.6 Å². The molecule has 0 rings (SSSR count). The molecule has 0 saturated carbocycles. The highest BCUT2D eigenvalue weighted by Gasteiger charge is 2.09. The zero-order chi connectivity index (χ0) is 9.40. The van der Waals surface area contributed by atoms with Crippen LogP contribution in [0.25, 0.3) is 0 Å². The molecule has 3 nitrogen and oxygen atoms in total. The van der Waals surface area contributed by atoms with Gasteiger partial charge in [0.05, 0.1) is 5.88 Å². The average molecular weight is 194 g/mol. The maximum absolute atomic E-state index is 10.3. The summed E-state index contributed by atoms with van der Waals surface area (Å²) in [5, 5.41) is 0. The molecule has 0 aliphatic rings. The van der Waals surface area contributed by atoms with E-state index < -0.39 is 6.09 Å². The van der Waals surface area contributed by atoms with Crippen LogP contribution in [-0.2, 0) is 4.74 Å². The number of carbonyl (C=O) groups is 1. The van der Waals surface area contributed by atoms with Gasteiger partial charge in [-0.25, -0.2) is 4.79 Å². The van der Waals surface area contributed by atoms with E-state index in [1.54, 1.807) is 0 Å². The van der Waals surface area contributed by atoms with Crippen molar-refractivity contribution in [3.05, 3.63) is 0 Å². The quantitative estimate of drug-likeness (QED) is 0.520. The summed E-state index contributed by atoms with van der Waals surface area (Å²) in [6, 6.07) is 0. The highest BCUT2D eigenvalue weighted by atomic mass is 35.5. The first-order chi connectivity index (χ1) is 5.70. The van der Waals surface area contributed by atoms with Gasteiger partial charge in [0.15, 0.2) is 0 Å². The van der Waals surface area contributed by atoms with Gasteiger partial charge in [0, 0.05) is 0 Å². The summed E-state index contributed by atoms with van der Waals surface area (Å²) >= 11 is 5.56. The van der Waals surface area contributed by atoms with Gasteiger partial charge >= 0.3 is 6.09 Å². The van der Waals surface area contributed by atoms with Crippen molar-refractivity contribution in [3.8, 4) is 0 Å². The summed E-state index contributed by atoms with van der Waals surface area (Å²) in [7, 11) is 0. The van der Waals surface area contributed by atoms with Crippen LogP contribution < -0.4 is 5.73 Å². The molecule has 2 N–H and O–H groups in total. The van der Waals surface area contributed by atoms with Crippen LogP contribution in [0.15, 0.2) is 0 Å². The van der Waals surface area contributed by atoms with Crippen molar-refractivity contribution in [2.45, 2.75) is 38.7 Å². The lowest BCUT2D eigenvalue weighted by Crippen LogP contribution is -2.23. The number of amides is 1. The molecular weight excluding hydrogens is 178 g/mol. The van der Waals surface area contributed by atoms with Gasteiger partial charge in [-0.05, 0) is 12.8 Å². The van der Waals surface area contributed by atoms with Crippen LogP contribution in [0.5, 0.6) is 0 Å². The van der Waals surface area contributed by atoms with E-state index in [0.717, 1.165) is 25.7 Å². The predicted octanol–water partition coefficient (Wildman–Crippen LogP) is 2.27. The molecule has 0 aromatic heterocycles. The van der Waals surface area contributed by atoms with E-state index in [9.17, 15) is 4.79 Å². The van der Waals surface area contributed by atoms with Crippen LogP contribution in [0.2, 0.25) is 0 Å². The monoisotopic (exact) mass is 193 g/mol. The van der Waals surface area contributed by atoms with Gasteiger partial charge in [-0.3, -0.25) is 0 Å². The molecule has 0 aromatic carbocycles. The highest BCUT2D eigenvalue weighted by Crippen LogP contribution is 2.08. The van der Waals surface area contributed by atoms with Crippen LogP contribution in [0.4, 0.5) is 4.79 Å². The van der Waals surface area contributed by atoms with Crippen LogP contribution in [-0.4, -0.2) is 18.1 Å². The molecule has 0 aromatic rings. The standard InChI is InChI=1S/C8H16ClNO2/c1-2-3-4-5-7(6-9)12-8(10)11/h7H,2-6H2,1H3,(H2,10,11). The van der Waals surface area contributed by atoms with Crippen molar-refractivity contribution in [2.24, 2.45) is 5.73 Å². The van der Waals surface area contributed by atoms with Crippen molar-refractivity contribution in [3.63, 3.8) is 0 Å². The molecule has 0 saturated heterocycles. The third-order valence-electron chi connectivity index (χ3n) is 1.58. The number of halogens is 1. The van der Waals surface area contributed by atoms with E-state index in [0.29, 0.717) is 5.88 Å². The molecule has 0 spiro atoms. The van der Waals surface area contributed by atoms with Gasteiger partial charge < -0.3 is 10.5 Å². The summed E-state index contributed by atoms with van der Waals surface area (Å²) in [5.41, 5.74) is 4.85. The molecule has 0 heterocycles. The van der Waals surface area contributed by atoms with Crippen LogP contribution in [0, 0.1) is 0 Å². The topological polar surface area (TPSA) is 52.3 Å². The Labute approximate surface area is 78.2 Å². The molecule has 1 amide bonds.